The van der Waals surface area contributed by atoms with E-state index < -0.39 is 26.6 Å². The largest absolute Gasteiger partial charge is 0.423 e. The summed E-state index contributed by atoms with van der Waals surface area (Å²) in [5, 5.41) is 25.3. The van der Waals surface area contributed by atoms with Crippen LogP contribution in [-0.2, 0) is 65.4 Å². The van der Waals surface area contributed by atoms with Gasteiger partial charge in [-0.1, -0.05) is 201 Å². The normalized spacial score (nSPS) is 16.4. The molecule has 19 nitrogen and oxygen atoms in total. The number of imidazole rings is 1. The molecule has 20 heteroatoms. The molecular formula is C72H80N12O7S. The molecule has 0 amide bonds. The predicted octanol–water partition coefficient (Wildman–Crippen LogP) is 11.8. The van der Waals surface area contributed by atoms with Crippen LogP contribution in [0.4, 0.5) is 0 Å². The van der Waals surface area contributed by atoms with Crippen LogP contribution in [0.15, 0.2) is 223 Å². The Hall–Kier alpha value is -9.31. The minimum absolute atomic E-state index is 0.0507. The number of H-pyrrole nitrogens is 1. The number of aryl methyl sites for hydroxylation is 3. The maximum Gasteiger partial charge on any atom is 0.326 e. The van der Waals surface area contributed by atoms with Crippen LogP contribution < -0.4 is 22.9 Å². The SMILES string of the molecule is C[C@@](N)(Cc1ccccc1)c1nnc(C2CCCCC2C(=O)c2ccccc2)o1.C[C@@](N)(Cc1ccccc1)c1nnc(CCn2c(=O)[nH]c3ccccc32)o1.Cc1ccc(S(=O)(=O)N(Cc2ccccc2)CC(C)c2nnc([C@](C)(N)Cc3ccccc3)o2)cc1. The smallest absolute Gasteiger partial charge is 0.326 e. The zero-order valence-electron chi connectivity index (χ0n) is 52.6. The number of nitrogens with zero attached hydrogens (tertiary/aromatic N) is 8. The van der Waals surface area contributed by atoms with Gasteiger partial charge in [0, 0.05) is 49.4 Å². The molecule has 0 aliphatic heterocycles. The van der Waals surface area contributed by atoms with Crippen molar-refractivity contribution in [3.8, 4) is 0 Å². The average molecular weight is 1260 g/mol. The summed E-state index contributed by atoms with van der Waals surface area (Å²) in [6.07, 6.45) is 6.02. The summed E-state index contributed by atoms with van der Waals surface area (Å²) in [6.45, 7) is 10.3. The molecule has 0 spiro atoms. The quantitative estimate of drug-likeness (QED) is 0.0459. The van der Waals surface area contributed by atoms with Crippen LogP contribution in [-0.4, -0.2) is 65.2 Å². The molecule has 92 heavy (non-hydrogen) atoms. The van der Waals surface area contributed by atoms with Gasteiger partial charge in [-0.25, -0.2) is 13.2 Å². The monoisotopic (exact) mass is 1260 g/mol. The van der Waals surface area contributed by atoms with E-state index in [0.29, 0.717) is 67.6 Å². The van der Waals surface area contributed by atoms with Gasteiger partial charge in [0.15, 0.2) is 5.78 Å². The van der Waals surface area contributed by atoms with Crippen molar-refractivity contribution < 1.29 is 26.5 Å². The number of ketones is 1. The van der Waals surface area contributed by atoms with Gasteiger partial charge in [-0.2, -0.15) is 4.31 Å². The Bertz CT molecular complexity index is 4300. The zero-order chi connectivity index (χ0) is 64.9. The summed E-state index contributed by atoms with van der Waals surface area (Å²) in [4.78, 5) is 28.4. The van der Waals surface area contributed by atoms with Gasteiger partial charge in [-0.05, 0) is 106 Å². The molecule has 0 radical (unpaired) electrons. The number of rotatable bonds is 22. The van der Waals surface area contributed by atoms with E-state index >= 15 is 0 Å². The number of carbonyl (C=O) groups excluding carboxylic acids is 1. The first-order valence-electron chi connectivity index (χ1n) is 31.1. The third kappa shape index (κ3) is 16.6. The van der Waals surface area contributed by atoms with Gasteiger partial charge in [0.2, 0.25) is 45.4 Å². The topological polar surface area (TPSA) is 287 Å². The molecule has 0 bridgehead atoms. The van der Waals surface area contributed by atoms with Crippen molar-refractivity contribution in [2.45, 2.75) is 132 Å². The highest BCUT2D eigenvalue weighted by Gasteiger charge is 2.38. The van der Waals surface area contributed by atoms with Crippen molar-refractivity contribution in [2.75, 3.05) is 6.54 Å². The number of benzene rings is 7. The minimum Gasteiger partial charge on any atom is -0.423 e. The standard InChI is InChI=1S/C28H32N4O3S.C24H27N3O2.C20H21N5O2/c1-21-14-16-25(17-15-21)36(33,34)32(20-24-12-8-5-9-13-24)19-22(2)26-30-31-27(35-26)28(3,29)18-23-10-6-4-7-11-23;1-24(25,16-17-10-4-2-5-11-17)23-27-26-22(29-23)20-15-9-8-14-19(20)21(28)18-12-6-3-7-13-18;1-20(21,13-14-7-3-2-4-8-14)18-24-23-17(27-18)11-12-25-16-10-6-5-9-15(16)22-19(25)26/h4-17,22H,18-20,29H2,1-3H3;2-7,10-13,19-20H,8-9,14-16,25H2,1H3;2-10H,11-13,21H2,1H3,(H,22,26)/t22?,28-;19?,20?,24-;20-/m111/s1. The average Bonchev–Trinajstić information content (AvgIpc) is 1.48. The number of Topliss-reactive ketones (excluding diaryl/α,β-unsaturated/α-hetero) is 1. The third-order valence-corrected chi connectivity index (χ3v) is 18.4. The van der Waals surface area contributed by atoms with E-state index in [0.717, 1.165) is 70.1 Å². The Kier molecular flexibility index (Phi) is 20.9. The van der Waals surface area contributed by atoms with E-state index in [1.807, 2.05) is 211 Å². The molecule has 3 unspecified atom stereocenters. The molecule has 1 aliphatic carbocycles. The van der Waals surface area contributed by atoms with E-state index in [4.69, 9.17) is 30.5 Å². The lowest BCUT2D eigenvalue weighted by atomic mass is 9.75. The number of nitrogens with one attached hydrogen (secondary N) is 1. The number of nitrogens with two attached hydrogens (primary N) is 3. The van der Waals surface area contributed by atoms with Gasteiger partial charge < -0.3 is 35.4 Å². The summed E-state index contributed by atoms with van der Waals surface area (Å²) in [5.74, 6) is 2.14. The summed E-state index contributed by atoms with van der Waals surface area (Å²) in [5.41, 5.74) is 24.6. The Morgan fingerprint density at radius 2 is 1.08 bits per heavy atom. The molecule has 4 aromatic heterocycles. The van der Waals surface area contributed by atoms with Crippen molar-refractivity contribution >= 4 is 26.8 Å². The minimum atomic E-state index is -3.76. The first kappa shape index (κ1) is 65.6. The fourth-order valence-electron chi connectivity index (χ4n) is 11.5. The molecule has 4 heterocycles. The molecule has 11 aromatic rings. The number of aromatic amines is 1. The molecule has 6 atom stereocenters. The predicted molar refractivity (Wildman–Crippen MR) is 353 cm³/mol. The Labute approximate surface area is 536 Å². The number of hydrogen-bond donors (Lipinski definition) is 4. The molecule has 1 aliphatic rings. The zero-order valence-corrected chi connectivity index (χ0v) is 53.5. The number of para-hydroxylation sites is 2. The van der Waals surface area contributed by atoms with Crippen molar-refractivity contribution in [1.29, 1.82) is 0 Å². The molecule has 12 rings (SSSR count). The molecule has 0 saturated heterocycles. The Balaban J connectivity index is 0.000000153. The van der Waals surface area contributed by atoms with E-state index in [-0.39, 0.29) is 47.2 Å². The fraction of sp³-hybridized carbons (Fsp3) is 0.306. The molecule has 1 fully saturated rings. The molecular weight excluding hydrogens is 1180 g/mol. The second-order valence-corrected chi connectivity index (χ2v) is 26.6. The maximum atomic E-state index is 13.6. The number of aromatic nitrogens is 8. The molecule has 1 saturated carbocycles. The van der Waals surface area contributed by atoms with Gasteiger partial charge in [-0.3, -0.25) is 9.36 Å². The van der Waals surface area contributed by atoms with Crippen LogP contribution >= 0.6 is 0 Å². The fourth-order valence-corrected chi connectivity index (χ4v) is 13.0. The lowest BCUT2D eigenvalue weighted by Gasteiger charge is -2.28. The lowest BCUT2D eigenvalue weighted by Crippen LogP contribution is -2.36. The van der Waals surface area contributed by atoms with Crippen molar-refractivity contribution in [1.82, 2.24) is 44.4 Å². The van der Waals surface area contributed by atoms with Crippen molar-refractivity contribution in [3.63, 3.8) is 0 Å². The highest BCUT2D eigenvalue weighted by Crippen LogP contribution is 2.40. The van der Waals surface area contributed by atoms with E-state index in [9.17, 15) is 18.0 Å². The molecule has 7 N–H and O–H groups in total. The Morgan fingerprint density at radius 1 is 0.598 bits per heavy atom. The third-order valence-electron chi connectivity index (χ3n) is 16.5. The lowest BCUT2D eigenvalue weighted by molar-refractivity contribution is 0.0853. The van der Waals surface area contributed by atoms with E-state index in [1.54, 1.807) is 28.8 Å². The van der Waals surface area contributed by atoms with Crippen LogP contribution in [0.2, 0.25) is 0 Å². The van der Waals surface area contributed by atoms with E-state index in [2.05, 4.69) is 35.6 Å². The summed E-state index contributed by atoms with van der Waals surface area (Å²) >= 11 is 0. The van der Waals surface area contributed by atoms with Crippen LogP contribution in [0, 0.1) is 12.8 Å². The van der Waals surface area contributed by atoms with Crippen LogP contribution in [0.1, 0.15) is 139 Å². The van der Waals surface area contributed by atoms with Gasteiger partial charge in [0.1, 0.15) is 0 Å². The summed E-state index contributed by atoms with van der Waals surface area (Å²) in [7, 11) is -3.76. The molecule has 7 aromatic carbocycles. The number of fused-ring (bicyclic) bond motifs is 1. The second-order valence-electron chi connectivity index (χ2n) is 24.7. The highest BCUT2D eigenvalue weighted by molar-refractivity contribution is 7.89. The van der Waals surface area contributed by atoms with Gasteiger partial charge >= 0.3 is 5.69 Å². The summed E-state index contributed by atoms with van der Waals surface area (Å²) < 4.78 is 48.3. The second kappa shape index (κ2) is 29.3. The first-order valence-corrected chi connectivity index (χ1v) is 32.5. The van der Waals surface area contributed by atoms with Crippen LogP contribution in [0.5, 0.6) is 0 Å². The van der Waals surface area contributed by atoms with Crippen LogP contribution in [0.3, 0.4) is 0 Å². The highest BCUT2D eigenvalue weighted by atomic mass is 32.2. The van der Waals surface area contributed by atoms with Crippen molar-refractivity contribution in [3.05, 3.63) is 279 Å². The summed E-state index contributed by atoms with van der Waals surface area (Å²) in [6, 6.07) is 63.4. The Morgan fingerprint density at radius 3 is 1.65 bits per heavy atom. The number of hydrogen-bond acceptors (Lipinski definition) is 16. The van der Waals surface area contributed by atoms with Crippen LogP contribution in [0.25, 0.3) is 11.0 Å². The van der Waals surface area contributed by atoms with Gasteiger partial charge in [0.25, 0.3) is 0 Å². The maximum absolute atomic E-state index is 13.6. The van der Waals surface area contributed by atoms with Gasteiger partial charge in [0.05, 0.1) is 32.5 Å². The number of sulfonamides is 1. The van der Waals surface area contributed by atoms with Crippen molar-refractivity contribution in [2.24, 2.45) is 23.1 Å². The molecule has 476 valence electrons. The van der Waals surface area contributed by atoms with Gasteiger partial charge in [-0.15, -0.1) is 30.6 Å². The first-order chi connectivity index (χ1) is 44.2. The number of carbonyl (C=O) groups is 1. The van der Waals surface area contributed by atoms with E-state index in [1.165, 1.54) is 4.31 Å².